The van der Waals surface area contributed by atoms with Gasteiger partial charge in [0.1, 0.15) is 0 Å². The summed E-state index contributed by atoms with van der Waals surface area (Å²) in [6, 6.07) is 12.9. The van der Waals surface area contributed by atoms with Gasteiger partial charge in [-0.25, -0.2) is 13.4 Å². The summed E-state index contributed by atoms with van der Waals surface area (Å²) in [6.45, 7) is 0. The summed E-state index contributed by atoms with van der Waals surface area (Å²) in [4.78, 5) is 4.69. The van der Waals surface area contributed by atoms with E-state index in [0.29, 0.717) is 4.90 Å². The third-order valence-corrected chi connectivity index (χ3v) is 6.29. The molecule has 0 aliphatic carbocycles. The zero-order valence-electron chi connectivity index (χ0n) is 11.0. The largest absolute Gasteiger partial charge is 0.377 e. The van der Waals surface area contributed by atoms with Gasteiger partial charge in [0.05, 0.1) is 32.4 Å². The van der Waals surface area contributed by atoms with Crippen molar-refractivity contribution in [2.24, 2.45) is 0 Å². The minimum atomic E-state index is -3.18. The summed E-state index contributed by atoms with van der Waals surface area (Å²) in [5, 5.41) is 3.33. The Bertz CT molecular complexity index is 932. The van der Waals surface area contributed by atoms with Crippen molar-refractivity contribution in [3.63, 3.8) is 0 Å². The van der Waals surface area contributed by atoms with E-state index < -0.39 is 9.84 Å². The highest BCUT2D eigenvalue weighted by Gasteiger charge is 2.34. The number of aromatic nitrogens is 1. The molecule has 0 radical (unpaired) electrons. The maximum absolute atomic E-state index is 12.2. The van der Waals surface area contributed by atoms with Gasteiger partial charge in [0.25, 0.3) is 0 Å². The van der Waals surface area contributed by atoms with Gasteiger partial charge in [0.15, 0.2) is 9.84 Å². The summed E-state index contributed by atoms with van der Waals surface area (Å²) in [5.74, 6) is 0.104. The third-order valence-electron chi connectivity index (χ3n) is 3.69. The van der Waals surface area contributed by atoms with Crippen LogP contribution in [0.5, 0.6) is 0 Å². The lowest BCUT2D eigenvalue weighted by atomic mass is 10.1. The number of thiazole rings is 1. The molecule has 0 amide bonds. The Balaban J connectivity index is 1.72. The molecule has 0 saturated heterocycles. The summed E-state index contributed by atoms with van der Waals surface area (Å²) in [5.41, 5.74) is 4.54. The fourth-order valence-electron chi connectivity index (χ4n) is 2.72. The van der Waals surface area contributed by atoms with Crippen molar-refractivity contribution >= 4 is 37.1 Å². The third kappa shape index (κ3) is 2.11. The molecule has 0 fully saturated rings. The van der Waals surface area contributed by atoms with Crippen LogP contribution in [0.1, 0.15) is 11.6 Å². The SMILES string of the molecule is O=S1(=O)CC(Nc2ccc3ncsc3c2)c2ccccc21. The molecule has 0 bridgehead atoms. The number of fused-ring (bicyclic) bond motifs is 2. The van der Waals surface area contributed by atoms with Crippen LogP contribution < -0.4 is 5.32 Å². The lowest BCUT2D eigenvalue weighted by Gasteiger charge is -2.14. The Morgan fingerprint density at radius 1 is 1.19 bits per heavy atom. The van der Waals surface area contributed by atoms with Crippen molar-refractivity contribution in [3.8, 4) is 0 Å². The molecule has 4 nitrogen and oxygen atoms in total. The van der Waals surface area contributed by atoms with Gasteiger partial charge >= 0.3 is 0 Å². The second-order valence-electron chi connectivity index (χ2n) is 5.05. The molecule has 1 aliphatic rings. The van der Waals surface area contributed by atoms with E-state index in [4.69, 9.17) is 0 Å². The van der Waals surface area contributed by atoms with Crippen LogP contribution >= 0.6 is 11.3 Å². The van der Waals surface area contributed by atoms with E-state index in [2.05, 4.69) is 10.3 Å². The van der Waals surface area contributed by atoms with Crippen LogP contribution in [-0.2, 0) is 9.84 Å². The highest BCUT2D eigenvalue weighted by atomic mass is 32.2. The van der Waals surface area contributed by atoms with Crippen LogP contribution in [0.15, 0.2) is 52.9 Å². The molecule has 1 N–H and O–H groups in total. The van der Waals surface area contributed by atoms with E-state index >= 15 is 0 Å². The number of anilines is 1. The number of sulfone groups is 1. The highest BCUT2D eigenvalue weighted by Crippen LogP contribution is 2.35. The van der Waals surface area contributed by atoms with E-state index in [1.165, 1.54) is 0 Å². The van der Waals surface area contributed by atoms with Crippen LogP contribution in [0.4, 0.5) is 5.69 Å². The normalized spacial score (nSPS) is 19.5. The van der Waals surface area contributed by atoms with E-state index in [1.54, 1.807) is 23.5 Å². The zero-order chi connectivity index (χ0) is 14.4. The first-order valence-electron chi connectivity index (χ1n) is 6.55. The van der Waals surface area contributed by atoms with Crippen LogP contribution in [0.25, 0.3) is 10.2 Å². The Hall–Kier alpha value is -1.92. The number of nitrogens with zero attached hydrogens (tertiary/aromatic N) is 1. The molecule has 2 heterocycles. The topological polar surface area (TPSA) is 59.1 Å². The summed E-state index contributed by atoms with van der Waals surface area (Å²) in [7, 11) is -3.18. The van der Waals surface area contributed by atoms with Gasteiger partial charge in [-0.1, -0.05) is 18.2 Å². The zero-order valence-corrected chi connectivity index (χ0v) is 12.6. The van der Waals surface area contributed by atoms with Crippen molar-refractivity contribution in [3.05, 3.63) is 53.5 Å². The molecule has 1 unspecified atom stereocenters. The predicted molar refractivity (Wildman–Crippen MR) is 84.5 cm³/mol. The highest BCUT2D eigenvalue weighted by molar-refractivity contribution is 7.91. The molecule has 4 rings (SSSR count). The van der Waals surface area contributed by atoms with Gasteiger partial charge in [0.2, 0.25) is 0 Å². The summed E-state index contributed by atoms with van der Waals surface area (Å²) < 4.78 is 25.4. The molecule has 1 aromatic heterocycles. The van der Waals surface area contributed by atoms with Crippen molar-refractivity contribution in [1.82, 2.24) is 4.98 Å². The molecule has 1 atom stereocenters. The molecule has 0 saturated carbocycles. The smallest absolute Gasteiger partial charge is 0.181 e. The number of benzene rings is 2. The first-order chi connectivity index (χ1) is 10.1. The van der Waals surface area contributed by atoms with E-state index in [-0.39, 0.29) is 11.8 Å². The maximum Gasteiger partial charge on any atom is 0.181 e. The molecule has 3 aromatic rings. The predicted octanol–water partition coefficient (Wildman–Crippen LogP) is 3.24. The molecular weight excluding hydrogens is 304 g/mol. The van der Waals surface area contributed by atoms with Gasteiger partial charge in [0, 0.05) is 5.69 Å². The minimum absolute atomic E-state index is 0.104. The number of nitrogens with one attached hydrogen (secondary N) is 1. The molecular formula is C15H12N2O2S2. The van der Waals surface area contributed by atoms with Crippen molar-refractivity contribution in [2.45, 2.75) is 10.9 Å². The molecule has 6 heteroatoms. The van der Waals surface area contributed by atoms with Crippen molar-refractivity contribution in [2.75, 3.05) is 11.1 Å². The van der Waals surface area contributed by atoms with Gasteiger partial charge in [-0.3, -0.25) is 0 Å². The Morgan fingerprint density at radius 2 is 2.05 bits per heavy atom. The lowest BCUT2D eigenvalue weighted by Crippen LogP contribution is -2.12. The standard InChI is InChI=1S/C15H12N2O2S2/c18-21(19)8-13(11-3-1-2-4-15(11)21)17-10-5-6-12-14(7-10)20-9-16-12/h1-7,9,13,17H,8H2. The molecule has 1 aliphatic heterocycles. The number of hydrogen-bond acceptors (Lipinski definition) is 5. The van der Waals surface area contributed by atoms with Crippen molar-refractivity contribution < 1.29 is 8.42 Å². The first kappa shape index (κ1) is 12.8. The van der Waals surface area contributed by atoms with E-state index in [9.17, 15) is 8.42 Å². The van der Waals surface area contributed by atoms with Crippen LogP contribution in [-0.4, -0.2) is 19.2 Å². The van der Waals surface area contributed by atoms with E-state index in [1.807, 2.05) is 35.8 Å². The number of rotatable bonds is 2. The fraction of sp³-hybridized carbons (Fsp3) is 0.133. The van der Waals surface area contributed by atoms with Crippen LogP contribution in [0.2, 0.25) is 0 Å². The molecule has 106 valence electrons. The van der Waals surface area contributed by atoms with Gasteiger partial charge < -0.3 is 5.32 Å². The second-order valence-corrected chi connectivity index (χ2v) is 7.94. The average molecular weight is 316 g/mol. The average Bonchev–Trinajstić information content (AvgIpc) is 3.02. The maximum atomic E-state index is 12.2. The van der Waals surface area contributed by atoms with Crippen LogP contribution in [0, 0.1) is 0 Å². The summed E-state index contributed by atoms with van der Waals surface area (Å²) in [6.07, 6.45) is 0. The number of hydrogen-bond donors (Lipinski definition) is 1. The Kier molecular flexibility index (Phi) is 2.77. The quantitative estimate of drug-likeness (QED) is 0.788. The second kappa shape index (κ2) is 4.54. The van der Waals surface area contributed by atoms with Gasteiger partial charge in [-0.15, -0.1) is 11.3 Å². The first-order valence-corrected chi connectivity index (χ1v) is 9.08. The van der Waals surface area contributed by atoms with Gasteiger partial charge in [-0.2, -0.15) is 0 Å². The fourth-order valence-corrected chi connectivity index (χ4v) is 5.17. The Morgan fingerprint density at radius 3 is 2.95 bits per heavy atom. The monoisotopic (exact) mass is 316 g/mol. The molecule has 21 heavy (non-hydrogen) atoms. The van der Waals surface area contributed by atoms with Crippen molar-refractivity contribution in [1.29, 1.82) is 0 Å². The summed E-state index contributed by atoms with van der Waals surface area (Å²) >= 11 is 1.58. The van der Waals surface area contributed by atoms with Crippen LogP contribution in [0.3, 0.4) is 0 Å². The minimum Gasteiger partial charge on any atom is -0.377 e. The molecule has 0 spiro atoms. The van der Waals surface area contributed by atoms with E-state index in [0.717, 1.165) is 21.5 Å². The lowest BCUT2D eigenvalue weighted by molar-refractivity contribution is 0.598. The Labute approximate surface area is 126 Å². The molecule has 2 aromatic carbocycles. The van der Waals surface area contributed by atoms with Gasteiger partial charge in [-0.05, 0) is 29.8 Å².